The minimum atomic E-state index is -4.72. The topological polar surface area (TPSA) is 37.3 Å². The Kier molecular flexibility index (Phi) is 4.33. The second-order valence-electron chi connectivity index (χ2n) is 9.29. The summed E-state index contributed by atoms with van der Waals surface area (Å²) in [5.74, 6) is -1.86. The molecule has 3 saturated carbocycles. The van der Waals surface area contributed by atoms with E-state index >= 15 is 0 Å². The van der Waals surface area contributed by atoms with Crippen LogP contribution in [0.15, 0.2) is 11.1 Å². The largest absolute Gasteiger partial charge is 0.419 e. The molecule has 158 valence electrons. The van der Waals surface area contributed by atoms with Crippen LogP contribution in [0.25, 0.3) is 0 Å². The number of halogens is 6. The van der Waals surface area contributed by atoms with Crippen molar-refractivity contribution < 1.29 is 36.2 Å². The molecule has 0 unspecified atom stereocenters. The van der Waals surface area contributed by atoms with Crippen molar-refractivity contribution in [3.8, 4) is 0 Å². The molecule has 0 heterocycles. The molecule has 0 aliphatic heterocycles. The van der Waals surface area contributed by atoms with Crippen LogP contribution in [0.1, 0.15) is 58.3 Å². The average Bonchev–Trinajstić information content (AvgIpc) is 2.85. The molecule has 0 saturated heterocycles. The Morgan fingerprint density at radius 2 is 1.61 bits per heavy atom. The molecule has 4 aliphatic carbocycles. The molecule has 8 heteroatoms. The third kappa shape index (κ3) is 2.55. The number of hydrogen-bond donors (Lipinski definition) is 1. The summed E-state index contributed by atoms with van der Waals surface area (Å²) in [6, 6.07) is 0. The van der Waals surface area contributed by atoms with Crippen molar-refractivity contribution in [2.45, 2.75) is 76.2 Å². The number of Topliss-reactive ketones (excluding diaryl/α,β-unsaturated/α-hetero) is 1. The van der Waals surface area contributed by atoms with Gasteiger partial charge in [0.1, 0.15) is 0 Å². The highest BCUT2D eigenvalue weighted by Crippen LogP contribution is 2.68. The lowest BCUT2D eigenvalue weighted by molar-refractivity contribution is -0.302. The zero-order chi connectivity index (χ0) is 20.7. The molecule has 4 aliphatic rings. The number of aliphatic hydroxyl groups is 1. The first kappa shape index (κ1) is 20.2. The van der Waals surface area contributed by atoms with Crippen LogP contribution in [0.4, 0.5) is 26.3 Å². The standard InChI is InChI=1S/C20H24F6O2/c1-17-8-6-11-10-4-5-15(27)16(19(21,22)23)13(10)3-2-12(11)14(17)7-9-18(17,28)20(24,25)26/h10-12,14,28H,2-9H2,1H3/t10-,11-,12-,14+,17+,18+/m1/s1. The number of allylic oxidation sites excluding steroid dienone is 1. The van der Waals surface area contributed by atoms with E-state index in [1.807, 2.05) is 0 Å². The Labute approximate surface area is 159 Å². The molecule has 6 atom stereocenters. The van der Waals surface area contributed by atoms with E-state index in [9.17, 15) is 36.2 Å². The SMILES string of the molecule is C[C@]12CC[C@H]3[C@@H](CCC4=C(C(F)(F)F)C(=O)CC[C@@H]43)[C@@H]1CC[C@@]2(O)C(F)(F)F. The fraction of sp³-hybridized carbons (Fsp3) is 0.850. The third-order valence-corrected chi connectivity index (χ3v) is 8.39. The van der Waals surface area contributed by atoms with Gasteiger partial charge in [0.05, 0.1) is 5.57 Å². The van der Waals surface area contributed by atoms with Crippen molar-refractivity contribution in [2.75, 3.05) is 0 Å². The lowest BCUT2D eigenvalue weighted by atomic mass is 9.50. The van der Waals surface area contributed by atoms with E-state index in [1.54, 1.807) is 0 Å². The minimum Gasteiger partial charge on any atom is -0.380 e. The van der Waals surface area contributed by atoms with Crippen LogP contribution < -0.4 is 0 Å². The third-order valence-electron chi connectivity index (χ3n) is 8.39. The molecule has 28 heavy (non-hydrogen) atoms. The first-order valence-corrected chi connectivity index (χ1v) is 9.94. The van der Waals surface area contributed by atoms with Gasteiger partial charge in [-0.15, -0.1) is 0 Å². The van der Waals surface area contributed by atoms with Gasteiger partial charge < -0.3 is 5.11 Å². The van der Waals surface area contributed by atoms with Gasteiger partial charge in [-0.1, -0.05) is 12.5 Å². The van der Waals surface area contributed by atoms with Gasteiger partial charge in [0, 0.05) is 11.8 Å². The fourth-order valence-electron chi connectivity index (χ4n) is 7.11. The monoisotopic (exact) mass is 410 g/mol. The number of carbonyl (C=O) groups is 1. The summed E-state index contributed by atoms with van der Waals surface area (Å²) in [7, 11) is 0. The Morgan fingerprint density at radius 1 is 0.929 bits per heavy atom. The molecule has 0 spiro atoms. The summed E-state index contributed by atoms with van der Waals surface area (Å²) in [5.41, 5.74) is -4.86. The lowest BCUT2D eigenvalue weighted by Gasteiger charge is -2.56. The fourth-order valence-corrected chi connectivity index (χ4v) is 7.11. The molecule has 0 aromatic rings. The molecule has 1 N–H and O–H groups in total. The number of rotatable bonds is 0. The summed E-state index contributed by atoms with van der Waals surface area (Å²) >= 11 is 0. The van der Waals surface area contributed by atoms with E-state index in [0.717, 1.165) is 0 Å². The van der Waals surface area contributed by atoms with Crippen molar-refractivity contribution in [1.82, 2.24) is 0 Å². The molecule has 0 aromatic heterocycles. The van der Waals surface area contributed by atoms with Crippen LogP contribution in [0.2, 0.25) is 0 Å². The summed E-state index contributed by atoms with van der Waals surface area (Å²) in [4.78, 5) is 11.9. The van der Waals surface area contributed by atoms with E-state index in [4.69, 9.17) is 0 Å². The minimum absolute atomic E-state index is 0.115. The summed E-state index contributed by atoms with van der Waals surface area (Å²) < 4.78 is 81.4. The molecule has 0 bridgehead atoms. The van der Waals surface area contributed by atoms with Crippen LogP contribution >= 0.6 is 0 Å². The van der Waals surface area contributed by atoms with Gasteiger partial charge in [-0.3, -0.25) is 4.79 Å². The van der Waals surface area contributed by atoms with Crippen LogP contribution in [0, 0.1) is 29.1 Å². The number of carbonyl (C=O) groups excluding carboxylic acids is 1. The second kappa shape index (κ2) is 5.99. The van der Waals surface area contributed by atoms with Gasteiger partial charge in [-0.25, -0.2) is 0 Å². The maximum absolute atomic E-state index is 13.7. The highest BCUT2D eigenvalue weighted by atomic mass is 19.4. The van der Waals surface area contributed by atoms with Crippen molar-refractivity contribution in [3.63, 3.8) is 0 Å². The van der Waals surface area contributed by atoms with E-state index in [2.05, 4.69) is 0 Å². The summed E-state index contributed by atoms with van der Waals surface area (Å²) in [6.45, 7) is 1.51. The maximum atomic E-state index is 13.7. The molecule has 2 nitrogen and oxygen atoms in total. The van der Waals surface area contributed by atoms with E-state index in [0.29, 0.717) is 19.3 Å². The van der Waals surface area contributed by atoms with Crippen LogP contribution in [-0.2, 0) is 4.79 Å². The first-order valence-electron chi connectivity index (χ1n) is 9.94. The number of hydrogen-bond acceptors (Lipinski definition) is 2. The molecule has 0 amide bonds. The Morgan fingerprint density at radius 3 is 2.21 bits per heavy atom. The van der Waals surface area contributed by atoms with Crippen LogP contribution in [-0.4, -0.2) is 28.8 Å². The Bertz CT molecular complexity index is 723. The zero-order valence-electron chi connectivity index (χ0n) is 15.6. The normalized spacial score (nSPS) is 44.2. The quantitative estimate of drug-likeness (QED) is 0.547. The molecular weight excluding hydrogens is 386 g/mol. The van der Waals surface area contributed by atoms with Crippen LogP contribution in [0.5, 0.6) is 0 Å². The molecule has 3 fully saturated rings. The van der Waals surface area contributed by atoms with Crippen molar-refractivity contribution in [3.05, 3.63) is 11.1 Å². The second-order valence-corrected chi connectivity index (χ2v) is 9.29. The first-order chi connectivity index (χ1) is 12.8. The van der Waals surface area contributed by atoms with Crippen molar-refractivity contribution in [1.29, 1.82) is 0 Å². The van der Waals surface area contributed by atoms with Crippen LogP contribution in [0.3, 0.4) is 0 Å². The molecule has 4 rings (SSSR count). The van der Waals surface area contributed by atoms with Gasteiger partial charge in [0.15, 0.2) is 11.4 Å². The smallest absolute Gasteiger partial charge is 0.380 e. The van der Waals surface area contributed by atoms with Gasteiger partial charge in [-0.2, -0.15) is 26.3 Å². The van der Waals surface area contributed by atoms with Gasteiger partial charge in [-0.05, 0) is 68.6 Å². The van der Waals surface area contributed by atoms with Gasteiger partial charge in [0.2, 0.25) is 0 Å². The van der Waals surface area contributed by atoms with Crippen molar-refractivity contribution >= 4 is 5.78 Å². The van der Waals surface area contributed by atoms with E-state index in [1.165, 1.54) is 6.92 Å². The highest BCUT2D eigenvalue weighted by Gasteiger charge is 2.71. The lowest BCUT2D eigenvalue weighted by Crippen LogP contribution is -2.59. The number of alkyl halides is 6. The zero-order valence-corrected chi connectivity index (χ0v) is 15.6. The van der Waals surface area contributed by atoms with Gasteiger partial charge >= 0.3 is 12.4 Å². The van der Waals surface area contributed by atoms with Crippen molar-refractivity contribution in [2.24, 2.45) is 29.1 Å². The highest BCUT2D eigenvalue weighted by molar-refractivity contribution is 5.98. The van der Waals surface area contributed by atoms with E-state index < -0.39 is 34.7 Å². The molecule has 0 radical (unpaired) electrons. The number of fused-ring (bicyclic) bond motifs is 5. The average molecular weight is 410 g/mol. The number of ketones is 1. The predicted octanol–water partition coefficient (Wildman–Crippen LogP) is 5.35. The molecular formula is C20H24F6O2. The summed E-state index contributed by atoms with van der Waals surface area (Å²) in [5, 5.41) is 10.6. The Balaban J connectivity index is 1.69. The van der Waals surface area contributed by atoms with E-state index in [-0.39, 0.29) is 61.3 Å². The Hall–Kier alpha value is -1.05. The predicted molar refractivity (Wildman–Crippen MR) is 88.1 cm³/mol. The summed E-state index contributed by atoms with van der Waals surface area (Å²) in [6.07, 6.45) is -8.32. The van der Waals surface area contributed by atoms with Gasteiger partial charge in [0.25, 0.3) is 0 Å². The maximum Gasteiger partial charge on any atom is 0.419 e. The molecule has 0 aromatic carbocycles.